The van der Waals surface area contributed by atoms with Crippen molar-refractivity contribution >= 4 is 17.4 Å². The zero-order valence-corrected chi connectivity index (χ0v) is 12.5. The molecule has 0 radical (unpaired) electrons. The Morgan fingerprint density at radius 3 is 3.09 bits per heavy atom. The fraction of sp³-hybridized carbons (Fsp3) is 0.312. The van der Waals surface area contributed by atoms with Gasteiger partial charge in [-0.2, -0.15) is 0 Å². The molecule has 0 saturated carbocycles. The Morgan fingerprint density at radius 1 is 1.41 bits per heavy atom. The van der Waals surface area contributed by atoms with Gasteiger partial charge in [0.15, 0.2) is 0 Å². The molecule has 0 spiro atoms. The SMILES string of the molecule is C[C@@H]1CNCCN1C(=O)c1cccc(Nc2cnccn2)c1. The Labute approximate surface area is 129 Å². The Hall–Kier alpha value is -2.47. The molecule has 0 unspecified atom stereocenters. The molecule has 114 valence electrons. The normalized spacial score (nSPS) is 18.0. The smallest absolute Gasteiger partial charge is 0.254 e. The summed E-state index contributed by atoms with van der Waals surface area (Å²) in [5.74, 6) is 0.722. The van der Waals surface area contributed by atoms with Crippen LogP contribution < -0.4 is 10.6 Å². The van der Waals surface area contributed by atoms with Gasteiger partial charge in [0.2, 0.25) is 0 Å². The molecule has 1 amide bonds. The summed E-state index contributed by atoms with van der Waals surface area (Å²) < 4.78 is 0. The number of piperazine rings is 1. The molecule has 2 N–H and O–H groups in total. The minimum Gasteiger partial charge on any atom is -0.339 e. The average Bonchev–Trinajstić information content (AvgIpc) is 2.56. The van der Waals surface area contributed by atoms with E-state index in [1.807, 2.05) is 29.2 Å². The number of carbonyl (C=O) groups excluding carboxylic acids is 1. The predicted octanol–water partition coefficient (Wildman–Crippen LogP) is 1.65. The molecule has 3 rings (SSSR count). The summed E-state index contributed by atoms with van der Waals surface area (Å²) in [6.07, 6.45) is 4.89. The minimum absolute atomic E-state index is 0.0665. The molecule has 22 heavy (non-hydrogen) atoms. The zero-order valence-electron chi connectivity index (χ0n) is 12.5. The molecule has 1 saturated heterocycles. The number of benzene rings is 1. The van der Waals surface area contributed by atoms with Crippen molar-refractivity contribution in [2.45, 2.75) is 13.0 Å². The Morgan fingerprint density at radius 2 is 2.32 bits per heavy atom. The zero-order chi connectivity index (χ0) is 15.4. The largest absolute Gasteiger partial charge is 0.339 e. The maximum Gasteiger partial charge on any atom is 0.254 e. The molecule has 2 aromatic rings. The number of hydrogen-bond donors (Lipinski definition) is 2. The van der Waals surface area contributed by atoms with Gasteiger partial charge in [-0.05, 0) is 25.1 Å². The summed E-state index contributed by atoms with van der Waals surface area (Å²) in [4.78, 5) is 22.8. The fourth-order valence-electron chi connectivity index (χ4n) is 2.55. The second-order valence-electron chi connectivity index (χ2n) is 5.35. The van der Waals surface area contributed by atoms with Crippen LogP contribution in [0, 0.1) is 0 Å². The molecular weight excluding hydrogens is 278 g/mol. The maximum atomic E-state index is 12.7. The van der Waals surface area contributed by atoms with E-state index in [1.54, 1.807) is 18.6 Å². The van der Waals surface area contributed by atoms with E-state index in [9.17, 15) is 4.79 Å². The van der Waals surface area contributed by atoms with Crippen LogP contribution in [0.3, 0.4) is 0 Å². The molecule has 6 nitrogen and oxygen atoms in total. The molecule has 1 aromatic heterocycles. The van der Waals surface area contributed by atoms with Gasteiger partial charge in [0, 0.05) is 49.3 Å². The number of rotatable bonds is 3. The lowest BCUT2D eigenvalue weighted by atomic mass is 10.1. The standard InChI is InChI=1S/C16H19N5O/c1-12-10-18-7-8-21(12)16(22)13-3-2-4-14(9-13)20-15-11-17-5-6-19-15/h2-6,9,11-12,18H,7-8,10H2,1H3,(H,19,20)/t12-/m1/s1. The van der Waals surface area contributed by atoms with E-state index in [2.05, 4.69) is 27.5 Å². The van der Waals surface area contributed by atoms with E-state index in [0.717, 1.165) is 25.3 Å². The highest BCUT2D eigenvalue weighted by molar-refractivity contribution is 5.95. The molecule has 1 aromatic carbocycles. The van der Waals surface area contributed by atoms with Gasteiger partial charge < -0.3 is 15.5 Å². The molecular formula is C16H19N5O. The first-order valence-electron chi connectivity index (χ1n) is 7.39. The molecule has 2 heterocycles. The second kappa shape index (κ2) is 6.53. The summed E-state index contributed by atoms with van der Waals surface area (Å²) in [5.41, 5.74) is 1.51. The number of aromatic nitrogens is 2. The third-order valence-electron chi connectivity index (χ3n) is 3.71. The van der Waals surface area contributed by atoms with E-state index in [0.29, 0.717) is 11.4 Å². The first-order valence-corrected chi connectivity index (χ1v) is 7.39. The first kappa shape index (κ1) is 14.5. The second-order valence-corrected chi connectivity index (χ2v) is 5.35. The lowest BCUT2D eigenvalue weighted by Gasteiger charge is -2.34. The Kier molecular flexibility index (Phi) is 4.29. The Balaban J connectivity index is 1.77. The fourth-order valence-corrected chi connectivity index (χ4v) is 2.55. The van der Waals surface area contributed by atoms with Crippen molar-refractivity contribution in [2.24, 2.45) is 0 Å². The van der Waals surface area contributed by atoms with Gasteiger partial charge in [0.1, 0.15) is 5.82 Å². The highest BCUT2D eigenvalue weighted by atomic mass is 16.2. The highest BCUT2D eigenvalue weighted by Crippen LogP contribution is 2.17. The topological polar surface area (TPSA) is 70.2 Å². The molecule has 1 fully saturated rings. The van der Waals surface area contributed by atoms with Crippen LogP contribution in [0.5, 0.6) is 0 Å². The van der Waals surface area contributed by atoms with Crippen LogP contribution in [0.4, 0.5) is 11.5 Å². The van der Waals surface area contributed by atoms with E-state index >= 15 is 0 Å². The molecule has 0 aliphatic carbocycles. The van der Waals surface area contributed by atoms with Crippen molar-refractivity contribution in [2.75, 3.05) is 25.0 Å². The van der Waals surface area contributed by atoms with E-state index in [-0.39, 0.29) is 11.9 Å². The summed E-state index contributed by atoms with van der Waals surface area (Å²) in [6, 6.07) is 7.69. The van der Waals surface area contributed by atoms with E-state index < -0.39 is 0 Å². The van der Waals surface area contributed by atoms with Gasteiger partial charge in [-0.3, -0.25) is 9.78 Å². The van der Waals surface area contributed by atoms with Crippen LogP contribution in [-0.4, -0.2) is 46.5 Å². The summed E-state index contributed by atoms with van der Waals surface area (Å²) in [5, 5.41) is 6.45. The van der Waals surface area contributed by atoms with Crippen molar-refractivity contribution in [3.63, 3.8) is 0 Å². The van der Waals surface area contributed by atoms with Crippen LogP contribution in [0.2, 0.25) is 0 Å². The van der Waals surface area contributed by atoms with Gasteiger partial charge in [0.25, 0.3) is 5.91 Å². The van der Waals surface area contributed by atoms with Crippen LogP contribution in [0.1, 0.15) is 17.3 Å². The van der Waals surface area contributed by atoms with Crippen molar-refractivity contribution < 1.29 is 4.79 Å². The van der Waals surface area contributed by atoms with Gasteiger partial charge in [-0.1, -0.05) is 6.07 Å². The number of nitrogens with zero attached hydrogens (tertiary/aromatic N) is 3. The quantitative estimate of drug-likeness (QED) is 0.901. The van der Waals surface area contributed by atoms with Gasteiger partial charge in [-0.25, -0.2) is 4.98 Å². The van der Waals surface area contributed by atoms with E-state index in [1.165, 1.54) is 0 Å². The monoisotopic (exact) mass is 297 g/mol. The summed E-state index contributed by atoms with van der Waals surface area (Å²) in [7, 11) is 0. The molecule has 1 aliphatic rings. The van der Waals surface area contributed by atoms with Crippen LogP contribution in [0.15, 0.2) is 42.9 Å². The summed E-state index contributed by atoms with van der Waals surface area (Å²) >= 11 is 0. The molecule has 1 aliphatic heterocycles. The number of amides is 1. The van der Waals surface area contributed by atoms with Crippen molar-refractivity contribution in [1.29, 1.82) is 0 Å². The minimum atomic E-state index is 0.0665. The van der Waals surface area contributed by atoms with Crippen molar-refractivity contribution in [3.8, 4) is 0 Å². The first-order chi connectivity index (χ1) is 10.7. The number of nitrogens with one attached hydrogen (secondary N) is 2. The Bertz CT molecular complexity index is 646. The summed E-state index contributed by atoms with van der Waals surface area (Å²) in [6.45, 7) is 4.48. The van der Waals surface area contributed by atoms with Gasteiger partial charge in [0.05, 0.1) is 6.20 Å². The van der Waals surface area contributed by atoms with Crippen molar-refractivity contribution in [1.82, 2.24) is 20.2 Å². The number of anilines is 2. The van der Waals surface area contributed by atoms with Gasteiger partial charge in [-0.15, -0.1) is 0 Å². The lowest BCUT2D eigenvalue weighted by Crippen LogP contribution is -2.52. The van der Waals surface area contributed by atoms with Crippen molar-refractivity contribution in [3.05, 3.63) is 48.4 Å². The average molecular weight is 297 g/mol. The highest BCUT2D eigenvalue weighted by Gasteiger charge is 2.24. The lowest BCUT2D eigenvalue weighted by molar-refractivity contribution is 0.0656. The van der Waals surface area contributed by atoms with Crippen LogP contribution in [-0.2, 0) is 0 Å². The van der Waals surface area contributed by atoms with Crippen LogP contribution >= 0.6 is 0 Å². The third kappa shape index (κ3) is 3.23. The molecule has 6 heteroatoms. The van der Waals surface area contributed by atoms with E-state index in [4.69, 9.17) is 0 Å². The maximum absolute atomic E-state index is 12.7. The molecule has 1 atom stereocenters. The number of hydrogen-bond acceptors (Lipinski definition) is 5. The van der Waals surface area contributed by atoms with Crippen LogP contribution in [0.25, 0.3) is 0 Å². The number of carbonyl (C=O) groups is 1. The van der Waals surface area contributed by atoms with Gasteiger partial charge >= 0.3 is 0 Å². The third-order valence-corrected chi connectivity index (χ3v) is 3.71. The molecule has 0 bridgehead atoms. The predicted molar refractivity (Wildman–Crippen MR) is 85.1 cm³/mol.